The molecule has 0 unspecified atom stereocenters. The molecule has 0 aliphatic rings. The Labute approximate surface area is 283 Å². The monoisotopic (exact) mass is 798 g/mol. The van der Waals surface area contributed by atoms with E-state index >= 15 is 0 Å². The van der Waals surface area contributed by atoms with Crippen LogP contribution < -0.4 is 14.9 Å². The summed E-state index contributed by atoms with van der Waals surface area (Å²) in [5.41, 5.74) is 6.51. The number of nitrogens with one attached hydrogen (secondary N) is 1. The molecule has 5 aromatic rings. The molecule has 0 atom stereocenters. The van der Waals surface area contributed by atoms with Crippen LogP contribution in [0, 0.1) is 24.0 Å². The zero-order valence-electron chi connectivity index (χ0n) is 23.9. The zero-order chi connectivity index (χ0) is 32.1. The van der Waals surface area contributed by atoms with Crippen LogP contribution in [0.2, 0.25) is 0 Å². The first-order valence-corrected chi connectivity index (χ1v) is 15.8. The van der Waals surface area contributed by atoms with E-state index in [-0.39, 0.29) is 36.0 Å². The standard InChI is InChI=1S/C32H25Br3N4O6/c1-19-3-4-20(2)38(19)25-7-9-26(10-8-25)43-18-27-11-12-30(45-27)32(40)37-36-16-22-13-24(34)15-29(39(41)42)31(22)44-17-21-5-6-23(33)14-28(21)35/h3-16H,17-18H2,1-2H3,(H,37,40)/b36-16+. The average Bonchev–Trinajstić information content (AvgIpc) is 3.62. The van der Waals surface area contributed by atoms with Crippen LogP contribution >= 0.6 is 47.8 Å². The molecule has 0 radical (unpaired) electrons. The van der Waals surface area contributed by atoms with Gasteiger partial charge in [-0.3, -0.25) is 14.9 Å². The number of furan rings is 1. The summed E-state index contributed by atoms with van der Waals surface area (Å²) >= 11 is 10.2. The maximum atomic E-state index is 12.7. The summed E-state index contributed by atoms with van der Waals surface area (Å²) in [6.45, 7) is 4.28. The number of hydrogen-bond acceptors (Lipinski definition) is 7. The molecule has 2 heterocycles. The minimum atomic E-state index is -0.606. The number of aryl methyl sites for hydroxylation is 2. The van der Waals surface area contributed by atoms with Gasteiger partial charge in [0.25, 0.3) is 0 Å². The maximum absolute atomic E-state index is 12.7. The molecule has 13 heteroatoms. The number of ether oxygens (including phenoxy) is 2. The fraction of sp³-hybridized carbons (Fsp3) is 0.125. The third kappa shape index (κ3) is 7.91. The fourth-order valence-electron chi connectivity index (χ4n) is 4.49. The second-order valence-electron chi connectivity index (χ2n) is 9.82. The van der Waals surface area contributed by atoms with E-state index in [1.165, 1.54) is 18.3 Å². The number of nitrogens with zero attached hydrogens (tertiary/aromatic N) is 3. The molecule has 0 spiro atoms. The lowest BCUT2D eigenvalue weighted by Crippen LogP contribution is -2.17. The Morgan fingerprint density at radius 3 is 2.36 bits per heavy atom. The Morgan fingerprint density at radius 1 is 0.933 bits per heavy atom. The highest BCUT2D eigenvalue weighted by molar-refractivity contribution is 9.11. The van der Waals surface area contributed by atoms with E-state index in [2.05, 4.69) is 88.9 Å². The van der Waals surface area contributed by atoms with Gasteiger partial charge < -0.3 is 18.5 Å². The van der Waals surface area contributed by atoms with Crippen molar-refractivity contribution in [1.82, 2.24) is 9.99 Å². The number of rotatable bonds is 11. The molecule has 2 aromatic heterocycles. The van der Waals surface area contributed by atoms with Crippen molar-refractivity contribution in [2.45, 2.75) is 27.1 Å². The molecule has 45 heavy (non-hydrogen) atoms. The van der Waals surface area contributed by atoms with E-state index in [1.807, 2.05) is 42.5 Å². The highest BCUT2D eigenvalue weighted by Gasteiger charge is 2.21. The van der Waals surface area contributed by atoms with Crippen molar-refractivity contribution in [2.24, 2.45) is 5.10 Å². The SMILES string of the molecule is Cc1ccc(C)n1-c1ccc(OCc2ccc(C(=O)N/N=C/c3cc(Br)cc([N+](=O)[O-])c3OCc3ccc(Br)cc3Br)o2)cc1. The van der Waals surface area contributed by atoms with E-state index in [1.54, 1.807) is 12.1 Å². The highest BCUT2D eigenvalue weighted by atomic mass is 79.9. The van der Waals surface area contributed by atoms with Crippen LogP contribution in [0.3, 0.4) is 0 Å². The van der Waals surface area contributed by atoms with E-state index < -0.39 is 10.8 Å². The molecule has 5 rings (SSSR count). The molecular weight excluding hydrogens is 776 g/mol. The van der Waals surface area contributed by atoms with Gasteiger partial charge in [0, 0.05) is 47.7 Å². The fourth-order valence-corrected chi connectivity index (χ4v) is 6.12. The first-order chi connectivity index (χ1) is 21.6. The van der Waals surface area contributed by atoms with Crippen LogP contribution in [-0.2, 0) is 13.2 Å². The number of amides is 1. The van der Waals surface area contributed by atoms with Crippen LogP contribution in [0.15, 0.2) is 102 Å². The number of nitro groups is 1. The normalized spacial score (nSPS) is 11.1. The highest BCUT2D eigenvalue weighted by Crippen LogP contribution is 2.35. The van der Waals surface area contributed by atoms with E-state index in [0.29, 0.717) is 16.0 Å². The summed E-state index contributed by atoms with van der Waals surface area (Å²) < 4.78 is 21.6. The average molecular weight is 801 g/mol. The molecule has 10 nitrogen and oxygen atoms in total. The van der Waals surface area contributed by atoms with Gasteiger partial charge in [0.1, 0.15) is 24.7 Å². The van der Waals surface area contributed by atoms with Crippen molar-refractivity contribution >= 4 is 65.6 Å². The Kier molecular flexibility index (Phi) is 10.2. The molecular formula is C32H25Br3N4O6. The smallest absolute Gasteiger partial charge is 0.312 e. The summed E-state index contributed by atoms with van der Waals surface area (Å²) in [6.07, 6.45) is 1.27. The van der Waals surface area contributed by atoms with Gasteiger partial charge in [0.05, 0.1) is 11.1 Å². The summed E-state index contributed by atoms with van der Waals surface area (Å²) in [6, 6.07) is 23.5. The Balaban J connectivity index is 1.22. The van der Waals surface area contributed by atoms with Crippen LogP contribution in [0.5, 0.6) is 11.5 Å². The van der Waals surface area contributed by atoms with Gasteiger partial charge in [-0.2, -0.15) is 5.10 Å². The molecule has 1 amide bonds. The second kappa shape index (κ2) is 14.3. The third-order valence-electron chi connectivity index (χ3n) is 6.65. The van der Waals surface area contributed by atoms with E-state index in [0.717, 1.165) is 31.6 Å². The summed E-state index contributed by atoms with van der Waals surface area (Å²) in [5.74, 6) is 0.520. The van der Waals surface area contributed by atoms with Gasteiger partial charge in [-0.25, -0.2) is 5.43 Å². The third-order valence-corrected chi connectivity index (χ3v) is 8.34. The van der Waals surface area contributed by atoms with Gasteiger partial charge >= 0.3 is 11.6 Å². The minimum absolute atomic E-state index is 0.000104. The number of carbonyl (C=O) groups excluding carboxylic acids is 1. The summed E-state index contributed by atoms with van der Waals surface area (Å²) in [4.78, 5) is 24.0. The summed E-state index contributed by atoms with van der Waals surface area (Å²) in [5, 5.41) is 15.8. The Bertz CT molecular complexity index is 1880. The predicted octanol–water partition coefficient (Wildman–Crippen LogP) is 8.80. The Morgan fingerprint density at radius 2 is 1.67 bits per heavy atom. The lowest BCUT2D eigenvalue weighted by molar-refractivity contribution is -0.386. The predicted molar refractivity (Wildman–Crippen MR) is 180 cm³/mol. The van der Waals surface area contributed by atoms with Crippen molar-refractivity contribution in [3.63, 3.8) is 0 Å². The molecule has 0 bridgehead atoms. The van der Waals surface area contributed by atoms with Gasteiger partial charge in [0.15, 0.2) is 5.76 Å². The van der Waals surface area contributed by atoms with E-state index in [9.17, 15) is 14.9 Å². The first-order valence-electron chi connectivity index (χ1n) is 13.4. The van der Waals surface area contributed by atoms with Crippen molar-refractivity contribution in [3.05, 3.63) is 136 Å². The van der Waals surface area contributed by atoms with Crippen LogP contribution in [0.1, 0.15) is 38.8 Å². The van der Waals surface area contributed by atoms with Crippen molar-refractivity contribution in [3.8, 4) is 17.2 Å². The van der Waals surface area contributed by atoms with Crippen molar-refractivity contribution in [1.29, 1.82) is 0 Å². The number of aromatic nitrogens is 1. The molecule has 0 saturated carbocycles. The molecule has 0 saturated heterocycles. The Hall–Kier alpha value is -4.20. The molecule has 0 fully saturated rings. The number of benzene rings is 3. The van der Waals surface area contributed by atoms with Crippen LogP contribution in [-0.4, -0.2) is 21.6 Å². The lowest BCUT2D eigenvalue weighted by Gasteiger charge is -2.11. The number of hydrogen-bond donors (Lipinski definition) is 1. The number of carbonyl (C=O) groups is 1. The number of hydrazone groups is 1. The first kappa shape index (κ1) is 32.2. The molecule has 0 aliphatic heterocycles. The molecule has 3 aromatic carbocycles. The van der Waals surface area contributed by atoms with Crippen molar-refractivity contribution in [2.75, 3.05) is 0 Å². The minimum Gasteiger partial charge on any atom is -0.486 e. The van der Waals surface area contributed by atoms with Gasteiger partial charge in [-0.1, -0.05) is 53.9 Å². The zero-order valence-corrected chi connectivity index (χ0v) is 28.7. The van der Waals surface area contributed by atoms with Crippen LogP contribution in [0.25, 0.3) is 5.69 Å². The second-order valence-corrected chi connectivity index (χ2v) is 12.5. The number of halogens is 3. The van der Waals surface area contributed by atoms with Gasteiger partial charge in [0.2, 0.25) is 5.75 Å². The molecule has 230 valence electrons. The van der Waals surface area contributed by atoms with E-state index in [4.69, 9.17) is 13.9 Å². The van der Waals surface area contributed by atoms with Gasteiger partial charge in [-0.15, -0.1) is 0 Å². The van der Waals surface area contributed by atoms with Crippen LogP contribution in [0.4, 0.5) is 5.69 Å². The maximum Gasteiger partial charge on any atom is 0.312 e. The lowest BCUT2D eigenvalue weighted by atomic mass is 10.2. The largest absolute Gasteiger partial charge is 0.486 e. The van der Waals surface area contributed by atoms with Crippen molar-refractivity contribution < 1.29 is 23.6 Å². The van der Waals surface area contributed by atoms with Gasteiger partial charge in [-0.05, 0) is 80.6 Å². The molecule has 0 aliphatic carbocycles. The quantitative estimate of drug-likeness (QED) is 0.0810. The number of nitro benzene ring substituents is 1. The summed E-state index contributed by atoms with van der Waals surface area (Å²) in [7, 11) is 0. The molecule has 1 N–H and O–H groups in total. The topological polar surface area (TPSA) is 121 Å².